The molecule has 4 atom stereocenters. The molecular weight excluding hydrogens is 252 g/mol. The van der Waals surface area contributed by atoms with Crippen LogP contribution in [0.15, 0.2) is 24.3 Å². The predicted molar refractivity (Wildman–Crippen MR) is 95.8 cm³/mol. The van der Waals surface area contributed by atoms with Crippen molar-refractivity contribution >= 4 is 0 Å². The quantitative estimate of drug-likeness (QED) is 0.523. The van der Waals surface area contributed by atoms with Gasteiger partial charge in [-0.3, -0.25) is 0 Å². The topological polar surface area (TPSA) is 0 Å². The van der Waals surface area contributed by atoms with Gasteiger partial charge < -0.3 is 0 Å². The van der Waals surface area contributed by atoms with Crippen LogP contribution in [-0.4, -0.2) is 0 Å². The van der Waals surface area contributed by atoms with Crippen molar-refractivity contribution in [2.24, 2.45) is 17.8 Å². The maximum absolute atomic E-state index is 2.44. The van der Waals surface area contributed by atoms with Gasteiger partial charge in [-0.2, -0.15) is 0 Å². The second kappa shape index (κ2) is 9.28. The fourth-order valence-electron chi connectivity index (χ4n) is 4.10. The van der Waals surface area contributed by atoms with E-state index in [-0.39, 0.29) is 0 Å². The number of benzene rings is 1. The highest BCUT2D eigenvalue weighted by Gasteiger charge is 2.37. The van der Waals surface area contributed by atoms with E-state index >= 15 is 0 Å². The summed E-state index contributed by atoms with van der Waals surface area (Å²) in [5.41, 5.74) is 2.98. The number of rotatable bonds is 1. The van der Waals surface area contributed by atoms with Gasteiger partial charge in [0.25, 0.3) is 0 Å². The van der Waals surface area contributed by atoms with E-state index in [1.807, 2.05) is 27.7 Å². The average Bonchev–Trinajstić information content (AvgIpc) is 2.95. The molecule has 0 heteroatoms. The van der Waals surface area contributed by atoms with Gasteiger partial charge in [0, 0.05) is 0 Å². The van der Waals surface area contributed by atoms with Crippen molar-refractivity contribution in [2.75, 3.05) is 0 Å². The van der Waals surface area contributed by atoms with Crippen LogP contribution in [0.1, 0.15) is 83.8 Å². The second-order valence-electron chi connectivity index (χ2n) is 6.52. The Bertz CT molecular complexity index is 376. The van der Waals surface area contributed by atoms with Crippen LogP contribution in [0.2, 0.25) is 0 Å². The van der Waals surface area contributed by atoms with E-state index in [1.54, 1.807) is 5.56 Å². The van der Waals surface area contributed by atoms with Crippen molar-refractivity contribution in [3.63, 3.8) is 0 Å². The molecule has 2 fully saturated rings. The van der Waals surface area contributed by atoms with Gasteiger partial charge in [0.2, 0.25) is 0 Å². The van der Waals surface area contributed by atoms with Gasteiger partial charge in [0.05, 0.1) is 0 Å². The molecule has 1 aromatic carbocycles. The molecule has 2 aliphatic rings. The molecule has 3 rings (SSSR count). The van der Waals surface area contributed by atoms with Crippen LogP contribution in [0, 0.1) is 24.7 Å². The Hall–Kier alpha value is -0.780. The molecule has 0 bridgehead atoms. The summed E-state index contributed by atoms with van der Waals surface area (Å²) < 4.78 is 0. The minimum atomic E-state index is 0.857. The molecule has 0 nitrogen and oxygen atoms in total. The summed E-state index contributed by atoms with van der Waals surface area (Å²) in [7, 11) is 0. The third-order valence-electron chi connectivity index (χ3n) is 5.13. The Morgan fingerprint density at radius 2 is 1.33 bits per heavy atom. The first-order chi connectivity index (χ1) is 10.2. The van der Waals surface area contributed by atoms with E-state index in [0.717, 1.165) is 23.7 Å². The molecule has 1 aromatic rings. The van der Waals surface area contributed by atoms with E-state index in [1.165, 1.54) is 37.7 Å². The van der Waals surface area contributed by atoms with E-state index in [9.17, 15) is 0 Å². The Labute approximate surface area is 133 Å². The van der Waals surface area contributed by atoms with E-state index in [0.29, 0.717) is 0 Å². The summed E-state index contributed by atoms with van der Waals surface area (Å²) in [6.45, 7) is 12.6. The Balaban J connectivity index is 0.000000510. The zero-order valence-electron chi connectivity index (χ0n) is 15.2. The number of hydrogen-bond donors (Lipinski definition) is 0. The molecule has 0 N–H and O–H groups in total. The second-order valence-corrected chi connectivity index (χ2v) is 6.52. The normalized spacial score (nSPS) is 30.4. The van der Waals surface area contributed by atoms with Crippen LogP contribution >= 0.6 is 0 Å². The zero-order valence-corrected chi connectivity index (χ0v) is 15.2. The largest absolute Gasteiger partial charge is 0.0683 e. The summed E-state index contributed by atoms with van der Waals surface area (Å²) in [6.07, 6.45) is 7.38. The smallest absolute Gasteiger partial charge is 0.0156 e. The lowest BCUT2D eigenvalue weighted by Gasteiger charge is -2.29. The van der Waals surface area contributed by atoms with Crippen LogP contribution in [-0.2, 0) is 0 Å². The standard InChI is InChI=1S/C17H24.2C2H6/c1-12-3-6-14(7-4-12)17-10-15-8-5-13(2)9-16(15)11-17;2*1-2/h3-4,6-7,13,15-17H,5,8-11H2,1-2H3;2*1-2H3. The molecule has 0 heterocycles. The molecule has 0 aliphatic heterocycles. The molecule has 0 spiro atoms. The van der Waals surface area contributed by atoms with Crippen molar-refractivity contribution < 1.29 is 0 Å². The molecule has 0 saturated heterocycles. The fourth-order valence-corrected chi connectivity index (χ4v) is 4.10. The maximum atomic E-state index is 2.44. The van der Waals surface area contributed by atoms with Crippen LogP contribution < -0.4 is 0 Å². The first-order valence-corrected chi connectivity index (χ1v) is 9.29. The highest BCUT2D eigenvalue weighted by Crippen LogP contribution is 2.50. The van der Waals surface area contributed by atoms with Gasteiger partial charge >= 0.3 is 0 Å². The maximum Gasteiger partial charge on any atom is -0.0156 e. The molecule has 21 heavy (non-hydrogen) atoms. The molecular formula is C21H36. The van der Waals surface area contributed by atoms with E-state index in [4.69, 9.17) is 0 Å². The number of aryl methyl sites for hydroxylation is 1. The molecule has 0 radical (unpaired) electrons. The Kier molecular flexibility index (Phi) is 8.07. The molecule has 2 saturated carbocycles. The van der Waals surface area contributed by atoms with Crippen molar-refractivity contribution in [3.05, 3.63) is 35.4 Å². The number of fused-ring (bicyclic) bond motifs is 1. The summed E-state index contributed by atoms with van der Waals surface area (Å²) in [6, 6.07) is 9.28. The lowest BCUT2D eigenvalue weighted by molar-refractivity contribution is 0.220. The highest BCUT2D eigenvalue weighted by molar-refractivity contribution is 5.25. The van der Waals surface area contributed by atoms with Crippen molar-refractivity contribution in [2.45, 2.75) is 79.6 Å². The summed E-state index contributed by atoms with van der Waals surface area (Å²) in [5, 5.41) is 0. The van der Waals surface area contributed by atoms with Crippen LogP contribution in [0.4, 0.5) is 0 Å². The Morgan fingerprint density at radius 1 is 0.762 bits per heavy atom. The summed E-state index contributed by atoms with van der Waals surface area (Å²) in [4.78, 5) is 0. The minimum Gasteiger partial charge on any atom is -0.0683 e. The first kappa shape index (κ1) is 18.3. The molecule has 0 amide bonds. The monoisotopic (exact) mass is 288 g/mol. The van der Waals surface area contributed by atoms with Crippen LogP contribution in [0.3, 0.4) is 0 Å². The summed E-state index contributed by atoms with van der Waals surface area (Å²) >= 11 is 0. The zero-order chi connectivity index (χ0) is 15.8. The predicted octanol–water partition coefficient (Wildman–Crippen LogP) is 6.98. The van der Waals surface area contributed by atoms with Crippen LogP contribution in [0.5, 0.6) is 0 Å². The first-order valence-electron chi connectivity index (χ1n) is 9.29. The van der Waals surface area contributed by atoms with Gasteiger partial charge in [-0.15, -0.1) is 0 Å². The van der Waals surface area contributed by atoms with Crippen molar-refractivity contribution in [1.29, 1.82) is 0 Å². The molecule has 0 aromatic heterocycles. The molecule has 2 aliphatic carbocycles. The van der Waals surface area contributed by atoms with Gasteiger partial charge in [0.15, 0.2) is 0 Å². The third-order valence-corrected chi connectivity index (χ3v) is 5.13. The Morgan fingerprint density at radius 3 is 1.95 bits per heavy atom. The fraction of sp³-hybridized carbons (Fsp3) is 0.714. The van der Waals surface area contributed by atoms with Gasteiger partial charge in [-0.05, 0) is 61.8 Å². The highest BCUT2D eigenvalue weighted by atomic mass is 14.4. The lowest BCUT2D eigenvalue weighted by atomic mass is 9.77. The summed E-state index contributed by atoms with van der Waals surface area (Å²) in [5.74, 6) is 3.91. The lowest BCUT2D eigenvalue weighted by Crippen LogP contribution is -2.18. The van der Waals surface area contributed by atoms with Crippen molar-refractivity contribution in [1.82, 2.24) is 0 Å². The average molecular weight is 289 g/mol. The van der Waals surface area contributed by atoms with E-state index in [2.05, 4.69) is 38.1 Å². The van der Waals surface area contributed by atoms with E-state index < -0.39 is 0 Å². The third kappa shape index (κ3) is 4.87. The van der Waals surface area contributed by atoms with Gasteiger partial charge in [-0.1, -0.05) is 70.9 Å². The molecule has 4 unspecified atom stereocenters. The molecule has 120 valence electrons. The number of hydrogen-bond acceptors (Lipinski definition) is 0. The van der Waals surface area contributed by atoms with Crippen molar-refractivity contribution in [3.8, 4) is 0 Å². The van der Waals surface area contributed by atoms with Gasteiger partial charge in [-0.25, -0.2) is 0 Å². The SMILES string of the molecule is CC.CC.Cc1ccc(C2CC3CCC(C)CC3C2)cc1. The van der Waals surface area contributed by atoms with Crippen LogP contribution in [0.25, 0.3) is 0 Å². The minimum absolute atomic E-state index is 0.857. The van der Waals surface area contributed by atoms with Gasteiger partial charge in [0.1, 0.15) is 0 Å².